The molecule has 0 unspecified atom stereocenters. The molecule has 0 aliphatic heterocycles. The fourth-order valence-electron chi connectivity index (χ4n) is 16.4. The monoisotopic (exact) mass is 1200 g/mol. The first-order valence-electron chi connectivity index (χ1n) is 35.7. The van der Waals surface area contributed by atoms with Crippen molar-refractivity contribution >= 4 is 77.7 Å². The Bertz CT molecular complexity index is 4790. The van der Waals surface area contributed by atoms with Gasteiger partial charge in [-0.1, -0.05) is 12.1 Å². The lowest BCUT2D eigenvalue weighted by atomic mass is 9.89. The summed E-state index contributed by atoms with van der Waals surface area (Å²) in [7, 11) is 0. The van der Waals surface area contributed by atoms with E-state index in [0.717, 1.165) is 101 Å². The van der Waals surface area contributed by atoms with Crippen LogP contribution in [0.2, 0.25) is 0 Å². The summed E-state index contributed by atoms with van der Waals surface area (Å²) in [5.41, 5.74) is 46.4. The van der Waals surface area contributed by atoms with Crippen LogP contribution in [-0.4, -0.2) is 9.13 Å². The summed E-state index contributed by atoms with van der Waals surface area (Å²) >= 11 is 0. The SMILES string of the molecule is [3H]c1c(C)c([3H])c(N(c2c(C)c(C)c(N(c3c([3H])c(C)c([3H])c(C)c3[3H])c3c(C)c(C)c(-n4c5c(C)c(C)c(C)c(C)c5c5c(C)c(C)c(C)c(C)c54)c(C)c3C)c(C)c2C)c2c(C)c(C)c(-n3c4c(C)c(C)c(C)c(C)c4c4c(C)c(C)c(C)c(C)c43)c(C)c2C)c([3H])c1C. The second kappa shape index (κ2) is 22.0. The van der Waals surface area contributed by atoms with E-state index in [1.54, 1.807) is 0 Å². The van der Waals surface area contributed by atoms with E-state index in [2.05, 4.69) is 213 Å². The number of fused-ring (bicyclic) bond motifs is 6. The van der Waals surface area contributed by atoms with E-state index < -0.39 is 0 Å². The molecule has 0 N–H and O–H groups in total. The molecular weight excluding hydrogens is 1090 g/mol. The number of benzene rings is 9. The minimum absolute atomic E-state index is 0.135. The molecule has 0 amide bonds. The minimum atomic E-state index is 0.135. The van der Waals surface area contributed by atoms with E-state index in [-0.39, 0.29) is 36.3 Å². The van der Waals surface area contributed by atoms with Crippen molar-refractivity contribution in [2.75, 3.05) is 9.80 Å². The topological polar surface area (TPSA) is 16.3 Å². The molecule has 0 aliphatic carbocycles. The highest BCUT2D eigenvalue weighted by molar-refractivity contribution is 6.17. The predicted octanol–water partition coefficient (Wildman–Crippen LogP) is 24.7. The maximum atomic E-state index is 10.2. The number of anilines is 6. The highest BCUT2D eigenvalue weighted by Gasteiger charge is 2.35. The van der Waals surface area contributed by atoms with Crippen LogP contribution in [0.1, 0.15) is 186 Å². The number of rotatable bonds is 8. The molecule has 0 spiro atoms. The lowest BCUT2D eigenvalue weighted by Crippen LogP contribution is -2.22. The van der Waals surface area contributed by atoms with Crippen LogP contribution in [0.3, 0.4) is 0 Å². The van der Waals surface area contributed by atoms with Gasteiger partial charge >= 0.3 is 0 Å². The van der Waals surface area contributed by atoms with Crippen LogP contribution in [0, 0.1) is 222 Å². The molecular formula is C86H102N4. The first kappa shape index (κ1) is 56.2. The van der Waals surface area contributed by atoms with Gasteiger partial charge in [-0.05, 0) is 424 Å². The van der Waals surface area contributed by atoms with Gasteiger partial charge in [0.1, 0.15) is 0 Å². The van der Waals surface area contributed by atoms with Crippen molar-refractivity contribution in [2.24, 2.45) is 0 Å². The Morgan fingerprint density at radius 1 is 0.200 bits per heavy atom. The molecule has 2 aromatic heterocycles. The maximum Gasteiger partial charge on any atom is 0.0648 e. The molecule has 4 nitrogen and oxygen atoms in total. The van der Waals surface area contributed by atoms with Gasteiger partial charge < -0.3 is 18.9 Å². The molecule has 0 saturated carbocycles. The van der Waals surface area contributed by atoms with Crippen LogP contribution in [-0.2, 0) is 0 Å². The smallest absolute Gasteiger partial charge is 0.0648 e. The summed E-state index contributed by atoms with van der Waals surface area (Å²) in [4.78, 5) is 4.43. The first-order chi connectivity index (χ1) is 44.6. The van der Waals surface area contributed by atoms with Crippen LogP contribution in [0.25, 0.3) is 55.0 Å². The van der Waals surface area contributed by atoms with Crippen LogP contribution in [0.4, 0.5) is 34.1 Å². The fraction of sp³-hybridized carbons (Fsp3) is 0.372. The van der Waals surface area contributed by atoms with Gasteiger partial charge in [0.2, 0.25) is 0 Å². The Morgan fingerprint density at radius 3 is 0.556 bits per heavy atom. The molecule has 9 aromatic carbocycles. The Kier molecular flexibility index (Phi) is 13.7. The second-order valence-corrected chi connectivity index (χ2v) is 27.8. The third-order valence-electron chi connectivity index (χ3n) is 23.4. The van der Waals surface area contributed by atoms with Crippen molar-refractivity contribution in [3.63, 3.8) is 0 Å². The van der Waals surface area contributed by atoms with E-state index in [9.17, 15) is 8.22 Å². The molecule has 0 bridgehead atoms. The third-order valence-corrected chi connectivity index (χ3v) is 23.4. The third kappa shape index (κ3) is 8.71. The molecule has 2 heterocycles. The lowest BCUT2D eigenvalue weighted by molar-refractivity contribution is 1.05. The summed E-state index contributed by atoms with van der Waals surface area (Å²) in [6.07, 6.45) is 0. The predicted molar refractivity (Wildman–Crippen MR) is 396 cm³/mol. The minimum Gasteiger partial charge on any atom is -0.309 e. The van der Waals surface area contributed by atoms with E-state index in [1.165, 1.54) is 133 Å². The second-order valence-electron chi connectivity index (χ2n) is 27.8. The Hall–Kier alpha value is -7.82. The van der Waals surface area contributed by atoms with E-state index >= 15 is 0 Å². The zero-order valence-electron chi connectivity index (χ0n) is 66.8. The Labute approximate surface area is 549 Å². The van der Waals surface area contributed by atoms with E-state index in [1.807, 2.05) is 27.7 Å². The van der Waals surface area contributed by atoms with Crippen LogP contribution in [0.5, 0.6) is 0 Å². The average molecular weight is 1200 g/mol. The summed E-state index contributed by atoms with van der Waals surface area (Å²) in [5, 5.41) is 5.21. The number of aromatic nitrogens is 2. The normalized spacial score (nSPS) is 12.9. The van der Waals surface area contributed by atoms with Gasteiger partial charge in [0.15, 0.2) is 0 Å². The number of hydrogen-bond donors (Lipinski definition) is 0. The summed E-state index contributed by atoms with van der Waals surface area (Å²) < 4.78 is 64.6. The van der Waals surface area contributed by atoms with Gasteiger partial charge in [-0.15, -0.1) is 0 Å². The first-order valence-corrected chi connectivity index (χ1v) is 32.7. The summed E-state index contributed by atoms with van der Waals surface area (Å²) in [6, 6.07) is 0.936. The van der Waals surface area contributed by atoms with Crippen molar-refractivity contribution in [3.8, 4) is 11.4 Å². The summed E-state index contributed by atoms with van der Waals surface area (Å²) in [6.45, 7) is 70.4. The molecule has 0 aliphatic rings. The van der Waals surface area contributed by atoms with Crippen LogP contribution in [0.15, 0.2) is 36.3 Å². The molecule has 0 fully saturated rings. The quantitative estimate of drug-likeness (QED) is 0.151. The highest BCUT2D eigenvalue weighted by Crippen LogP contribution is 2.55. The lowest BCUT2D eigenvalue weighted by Gasteiger charge is -2.38. The maximum absolute atomic E-state index is 10.2. The molecule has 0 saturated heterocycles. The zero-order chi connectivity index (χ0) is 71.5. The van der Waals surface area contributed by atoms with Crippen molar-refractivity contribution in [1.29, 1.82) is 0 Å². The molecule has 0 radical (unpaired) electrons. The van der Waals surface area contributed by atoms with E-state index in [0.29, 0.717) is 33.6 Å². The summed E-state index contributed by atoms with van der Waals surface area (Å²) in [5.74, 6) is 0. The molecule has 11 rings (SSSR count). The standard InChI is InChI=1S/C86H102N4/c1-39-33-40(2)36-71(35-39)87(79-63(25)67(29)81(68(30)64(79)26)89-83-55(17)47(9)43(5)51(13)73(83)74-52(14)44(6)48(10)56(18)84(74)89)77-59(21)61(23)78(62(24)60(77)22)88(72-37-41(3)34-42(4)38-72)80-65(27)69(31)82(70(32)66(80)28)90-85-57(19)49(11)45(7)53(15)75(85)76-54(16)46(8)50(12)58(20)86(76)90/h33-38H,1-32H3/i33T,34T,35T,36T,37T,38T. The average Bonchev–Trinajstić information content (AvgIpc) is 1.50. The van der Waals surface area contributed by atoms with Gasteiger partial charge in [-0.25, -0.2) is 0 Å². The van der Waals surface area contributed by atoms with Gasteiger partial charge in [0, 0.05) is 32.9 Å². The molecule has 4 heteroatoms. The van der Waals surface area contributed by atoms with Crippen molar-refractivity contribution in [2.45, 2.75) is 222 Å². The van der Waals surface area contributed by atoms with Crippen LogP contribution >= 0.6 is 0 Å². The Morgan fingerprint density at radius 2 is 0.367 bits per heavy atom. The molecule has 90 heavy (non-hydrogen) atoms. The largest absolute Gasteiger partial charge is 0.309 e. The Balaban J connectivity index is 1.28. The number of nitrogens with zero attached hydrogens (tertiary/aromatic N) is 4. The van der Waals surface area contributed by atoms with Gasteiger partial charge in [0.25, 0.3) is 0 Å². The van der Waals surface area contributed by atoms with E-state index in [4.69, 9.17) is 0 Å². The van der Waals surface area contributed by atoms with Gasteiger partial charge in [-0.3, -0.25) is 0 Å². The molecule has 466 valence electrons. The number of aryl methyl sites for hydroxylation is 8. The van der Waals surface area contributed by atoms with Crippen molar-refractivity contribution < 1.29 is 8.22 Å². The molecule has 11 aromatic rings. The van der Waals surface area contributed by atoms with Gasteiger partial charge in [-0.2, -0.15) is 0 Å². The highest BCUT2D eigenvalue weighted by atomic mass is 15.2. The van der Waals surface area contributed by atoms with Crippen molar-refractivity contribution in [3.05, 3.63) is 214 Å². The fourth-order valence-corrected chi connectivity index (χ4v) is 16.4. The van der Waals surface area contributed by atoms with Gasteiger partial charge in [0.05, 0.1) is 64.4 Å². The van der Waals surface area contributed by atoms with Crippen molar-refractivity contribution in [1.82, 2.24) is 9.13 Å². The number of hydrogen-bond acceptors (Lipinski definition) is 2. The molecule has 0 atom stereocenters. The zero-order valence-corrected chi connectivity index (χ0v) is 60.8. The van der Waals surface area contributed by atoms with Crippen LogP contribution < -0.4 is 9.80 Å².